The van der Waals surface area contributed by atoms with Gasteiger partial charge in [-0.05, 0) is 36.8 Å². The van der Waals surface area contributed by atoms with Gasteiger partial charge in [0, 0.05) is 44.7 Å². The van der Waals surface area contributed by atoms with E-state index >= 15 is 0 Å². The molecule has 30 heavy (non-hydrogen) atoms. The Labute approximate surface area is 174 Å². The van der Waals surface area contributed by atoms with Crippen molar-refractivity contribution in [2.24, 2.45) is 0 Å². The number of likely N-dealkylation sites (tertiary alicyclic amines) is 1. The predicted octanol–water partition coefficient (Wildman–Crippen LogP) is 1.54. The van der Waals surface area contributed by atoms with Gasteiger partial charge in [0.2, 0.25) is 11.8 Å². The van der Waals surface area contributed by atoms with E-state index in [2.05, 4.69) is 15.6 Å². The van der Waals surface area contributed by atoms with Crippen LogP contribution in [-0.4, -0.2) is 46.4 Å². The van der Waals surface area contributed by atoms with E-state index in [9.17, 15) is 14.4 Å². The van der Waals surface area contributed by atoms with Gasteiger partial charge in [0.05, 0.1) is 12.1 Å². The van der Waals surface area contributed by atoms with Crippen LogP contribution in [0.5, 0.6) is 5.75 Å². The fourth-order valence-corrected chi connectivity index (χ4v) is 3.78. The predicted molar refractivity (Wildman–Crippen MR) is 109 cm³/mol. The Kier molecular flexibility index (Phi) is 5.39. The largest absolute Gasteiger partial charge is 0.467 e. The van der Waals surface area contributed by atoms with Crippen LogP contribution in [0.2, 0.25) is 0 Å². The molecule has 156 valence electrons. The van der Waals surface area contributed by atoms with E-state index in [0.29, 0.717) is 37.2 Å². The molecule has 3 heterocycles. The number of nitrogens with one attached hydrogen (secondary N) is 2. The van der Waals surface area contributed by atoms with Gasteiger partial charge in [-0.2, -0.15) is 0 Å². The molecule has 3 amide bonds. The molecule has 2 aromatic rings. The summed E-state index contributed by atoms with van der Waals surface area (Å²) in [6, 6.07) is 9.13. The van der Waals surface area contributed by atoms with Gasteiger partial charge in [-0.1, -0.05) is 11.6 Å². The number of fused-ring (bicyclic) bond motifs is 1. The van der Waals surface area contributed by atoms with Crippen LogP contribution in [0.15, 0.2) is 42.7 Å². The van der Waals surface area contributed by atoms with E-state index in [1.165, 1.54) is 4.90 Å². The van der Waals surface area contributed by atoms with Crippen molar-refractivity contribution in [3.8, 4) is 5.75 Å². The van der Waals surface area contributed by atoms with Crippen molar-refractivity contribution >= 4 is 17.7 Å². The Morgan fingerprint density at radius 2 is 2.03 bits per heavy atom. The van der Waals surface area contributed by atoms with Crippen molar-refractivity contribution < 1.29 is 19.1 Å². The Bertz CT molecular complexity index is 978. The first-order valence-electron chi connectivity index (χ1n) is 10.00. The summed E-state index contributed by atoms with van der Waals surface area (Å²) in [7, 11) is 0. The van der Waals surface area contributed by atoms with Crippen LogP contribution < -0.4 is 15.4 Å². The molecule has 1 fully saturated rings. The molecule has 2 aliphatic heterocycles. The lowest BCUT2D eigenvalue weighted by Gasteiger charge is -2.38. The zero-order chi connectivity index (χ0) is 21.1. The number of nitrogens with zero attached hydrogens (tertiary/aromatic N) is 2. The topological polar surface area (TPSA) is 101 Å². The van der Waals surface area contributed by atoms with Crippen LogP contribution in [0.1, 0.15) is 40.7 Å². The molecule has 0 saturated carbocycles. The van der Waals surface area contributed by atoms with Crippen LogP contribution in [0.25, 0.3) is 0 Å². The normalized spacial score (nSPS) is 20.8. The highest BCUT2D eigenvalue weighted by atomic mass is 16.5. The highest BCUT2D eigenvalue weighted by molar-refractivity contribution is 5.98. The van der Waals surface area contributed by atoms with E-state index in [0.717, 1.165) is 11.1 Å². The standard InChI is InChI=1S/C22H24N4O4/c1-15-2-3-18-17(12-15)21(29)25-22(30-18)7-4-20(28)26(11-8-22)14-19(27)24-13-16-5-9-23-10-6-16/h2-3,5-6,9-10,12H,4,7-8,11,13-14H2,1H3,(H,24,27)(H,25,29)/t22-/m0/s1. The van der Waals surface area contributed by atoms with Gasteiger partial charge in [0.25, 0.3) is 5.91 Å². The molecule has 2 N–H and O–H groups in total. The zero-order valence-corrected chi connectivity index (χ0v) is 16.8. The number of benzene rings is 1. The summed E-state index contributed by atoms with van der Waals surface area (Å²) >= 11 is 0. The maximum absolute atomic E-state index is 12.6. The summed E-state index contributed by atoms with van der Waals surface area (Å²) in [6.45, 7) is 2.59. The minimum absolute atomic E-state index is 0.0241. The van der Waals surface area contributed by atoms with Crippen LogP contribution in [-0.2, 0) is 16.1 Å². The summed E-state index contributed by atoms with van der Waals surface area (Å²) in [5, 5.41) is 5.77. The van der Waals surface area contributed by atoms with E-state index in [1.54, 1.807) is 24.5 Å². The molecule has 0 bridgehead atoms. The van der Waals surface area contributed by atoms with Crippen molar-refractivity contribution in [2.45, 2.75) is 38.5 Å². The van der Waals surface area contributed by atoms with Gasteiger partial charge in [0.15, 0.2) is 5.72 Å². The summed E-state index contributed by atoms with van der Waals surface area (Å²) in [5.74, 6) is -0.0275. The quantitative estimate of drug-likeness (QED) is 0.799. The highest BCUT2D eigenvalue weighted by Crippen LogP contribution is 2.34. The number of aryl methyl sites for hydroxylation is 1. The summed E-state index contributed by atoms with van der Waals surface area (Å²) in [5.41, 5.74) is 1.48. The molecule has 0 radical (unpaired) electrons. The second-order valence-electron chi connectivity index (χ2n) is 7.75. The van der Waals surface area contributed by atoms with Crippen molar-refractivity contribution in [3.05, 3.63) is 59.4 Å². The van der Waals surface area contributed by atoms with E-state index < -0.39 is 5.72 Å². The third-order valence-corrected chi connectivity index (χ3v) is 5.48. The lowest BCUT2D eigenvalue weighted by atomic mass is 9.99. The lowest BCUT2D eigenvalue weighted by molar-refractivity contribution is -0.135. The number of hydrogen-bond donors (Lipinski definition) is 2. The van der Waals surface area contributed by atoms with E-state index in [4.69, 9.17) is 4.74 Å². The molecule has 8 heteroatoms. The Morgan fingerprint density at radius 1 is 1.23 bits per heavy atom. The molecular formula is C22H24N4O4. The van der Waals surface area contributed by atoms with Gasteiger partial charge in [-0.15, -0.1) is 0 Å². The average molecular weight is 408 g/mol. The fraction of sp³-hybridized carbons (Fsp3) is 0.364. The Balaban J connectivity index is 1.39. The third kappa shape index (κ3) is 4.27. The minimum Gasteiger partial charge on any atom is -0.467 e. The molecule has 1 spiro atoms. The molecule has 1 atom stereocenters. The SMILES string of the molecule is Cc1ccc2c(c1)C(=O)N[C@@]1(CCC(=O)N(CC(=O)NCc3ccncc3)CC1)O2. The maximum atomic E-state index is 12.6. The molecule has 2 aliphatic rings. The van der Waals surface area contributed by atoms with E-state index in [-0.39, 0.29) is 30.7 Å². The van der Waals surface area contributed by atoms with Crippen molar-refractivity contribution in [2.75, 3.05) is 13.1 Å². The van der Waals surface area contributed by atoms with Crippen molar-refractivity contribution in [1.82, 2.24) is 20.5 Å². The third-order valence-electron chi connectivity index (χ3n) is 5.48. The first-order valence-corrected chi connectivity index (χ1v) is 10.00. The molecule has 0 unspecified atom stereocenters. The Morgan fingerprint density at radius 3 is 2.83 bits per heavy atom. The summed E-state index contributed by atoms with van der Waals surface area (Å²) in [6.07, 6.45) is 4.29. The fourth-order valence-electron chi connectivity index (χ4n) is 3.78. The van der Waals surface area contributed by atoms with Gasteiger partial charge in [0.1, 0.15) is 5.75 Å². The van der Waals surface area contributed by atoms with Crippen LogP contribution in [0, 0.1) is 6.92 Å². The first kappa shape index (κ1) is 19.9. The zero-order valence-electron chi connectivity index (χ0n) is 16.8. The van der Waals surface area contributed by atoms with Crippen molar-refractivity contribution in [1.29, 1.82) is 0 Å². The second kappa shape index (κ2) is 8.14. The number of aromatic nitrogens is 1. The minimum atomic E-state index is -0.933. The smallest absolute Gasteiger partial charge is 0.258 e. The summed E-state index contributed by atoms with van der Waals surface area (Å²) in [4.78, 5) is 43.0. The first-order chi connectivity index (χ1) is 14.4. The van der Waals surface area contributed by atoms with Crippen LogP contribution >= 0.6 is 0 Å². The number of rotatable bonds is 4. The highest BCUT2D eigenvalue weighted by Gasteiger charge is 2.42. The number of pyridine rings is 1. The van der Waals surface area contributed by atoms with Gasteiger partial charge >= 0.3 is 0 Å². The van der Waals surface area contributed by atoms with Crippen molar-refractivity contribution in [3.63, 3.8) is 0 Å². The molecule has 0 aliphatic carbocycles. The van der Waals surface area contributed by atoms with Crippen LogP contribution in [0.3, 0.4) is 0 Å². The van der Waals surface area contributed by atoms with Gasteiger partial charge < -0.3 is 20.3 Å². The number of carbonyl (C=O) groups excluding carboxylic acids is 3. The number of amides is 3. The molecule has 8 nitrogen and oxygen atoms in total. The lowest BCUT2D eigenvalue weighted by Crippen LogP contribution is -2.56. The molecule has 1 aromatic heterocycles. The molecule has 4 rings (SSSR count). The monoisotopic (exact) mass is 408 g/mol. The average Bonchev–Trinajstić information content (AvgIpc) is 2.88. The van der Waals surface area contributed by atoms with Gasteiger partial charge in [-0.25, -0.2) is 0 Å². The second-order valence-corrected chi connectivity index (χ2v) is 7.75. The Hall–Kier alpha value is -3.42. The maximum Gasteiger partial charge on any atom is 0.258 e. The number of hydrogen-bond acceptors (Lipinski definition) is 5. The molecule has 1 aromatic carbocycles. The number of ether oxygens (including phenoxy) is 1. The van der Waals surface area contributed by atoms with E-state index in [1.807, 2.05) is 25.1 Å². The van der Waals surface area contributed by atoms with Crippen LogP contribution in [0.4, 0.5) is 0 Å². The van der Waals surface area contributed by atoms with Gasteiger partial charge in [-0.3, -0.25) is 19.4 Å². The molecule has 1 saturated heterocycles. The molecular weight excluding hydrogens is 384 g/mol. The number of carbonyl (C=O) groups is 3. The summed E-state index contributed by atoms with van der Waals surface area (Å²) < 4.78 is 6.16.